The lowest BCUT2D eigenvalue weighted by Gasteiger charge is -2.23. The molecule has 1 heterocycles. The van der Waals surface area contributed by atoms with E-state index in [9.17, 15) is 4.79 Å². The smallest absolute Gasteiger partial charge is 0.225 e. The van der Waals surface area contributed by atoms with Crippen LogP contribution in [0.15, 0.2) is 41.8 Å². The van der Waals surface area contributed by atoms with E-state index in [0.29, 0.717) is 12.3 Å². The third kappa shape index (κ3) is 4.33. The van der Waals surface area contributed by atoms with Crippen LogP contribution >= 0.6 is 11.3 Å². The van der Waals surface area contributed by atoms with Crippen molar-refractivity contribution < 1.29 is 9.53 Å². The number of benzene rings is 1. The second-order valence-electron chi connectivity index (χ2n) is 5.32. The molecule has 112 valence electrons. The van der Waals surface area contributed by atoms with Crippen molar-refractivity contribution >= 4 is 17.2 Å². The highest BCUT2D eigenvalue weighted by atomic mass is 32.1. The van der Waals surface area contributed by atoms with Crippen LogP contribution in [-0.2, 0) is 11.2 Å². The van der Waals surface area contributed by atoms with Crippen molar-refractivity contribution in [1.82, 2.24) is 5.32 Å². The summed E-state index contributed by atoms with van der Waals surface area (Å²) in [4.78, 5) is 13.3. The van der Waals surface area contributed by atoms with Crippen LogP contribution in [0, 0.1) is 5.92 Å². The normalized spacial score (nSPS) is 12.2. The van der Waals surface area contributed by atoms with Gasteiger partial charge in [-0.3, -0.25) is 4.79 Å². The van der Waals surface area contributed by atoms with Crippen LogP contribution < -0.4 is 10.1 Å². The number of thiophene rings is 1. The SMILES string of the molecule is COc1ccc(C(NC(=O)Cc2cccs2)C(C)C)cc1. The van der Waals surface area contributed by atoms with E-state index in [1.165, 1.54) is 0 Å². The number of carbonyl (C=O) groups excluding carboxylic acids is 1. The molecule has 0 aliphatic rings. The van der Waals surface area contributed by atoms with E-state index in [2.05, 4.69) is 19.2 Å². The van der Waals surface area contributed by atoms with Crippen LogP contribution in [0.1, 0.15) is 30.3 Å². The predicted molar refractivity (Wildman–Crippen MR) is 86.7 cm³/mol. The Bertz CT molecular complexity index is 561. The summed E-state index contributed by atoms with van der Waals surface area (Å²) in [5.74, 6) is 1.21. The van der Waals surface area contributed by atoms with E-state index in [1.807, 2.05) is 41.8 Å². The molecule has 1 N–H and O–H groups in total. The number of ether oxygens (including phenoxy) is 1. The van der Waals surface area contributed by atoms with E-state index in [0.717, 1.165) is 16.2 Å². The molecule has 0 aliphatic heterocycles. The van der Waals surface area contributed by atoms with E-state index in [-0.39, 0.29) is 11.9 Å². The Balaban J connectivity index is 2.05. The maximum absolute atomic E-state index is 12.2. The van der Waals surface area contributed by atoms with Crippen LogP contribution in [0.5, 0.6) is 5.75 Å². The van der Waals surface area contributed by atoms with Gasteiger partial charge in [0.15, 0.2) is 0 Å². The molecule has 0 saturated heterocycles. The standard InChI is InChI=1S/C17H21NO2S/c1-12(2)17(13-6-8-14(20-3)9-7-13)18-16(19)11-15-5-4-10-21-15/h4-10,12,17H,11H2,1-3H3,(H,18,19). The summed E-state index contributed by atoms with van der Waals surface area (Å²) in [6.45, 7) is 4.22. The molecule has 1 atom stereocenters. The van der Waals surface area contributed by atoms with E-state index < -0.39 is 0 Å². The number of hydrogen-bond donors (Lipinski definition) is 1. The fourth-order valence-corrected chi connectivity index (χ4v) is 2.95. The minimum absolute atomic E-state index is 0.0170. The Morgan fingerprint density at radius 3 is 2.48 bits per heavy atom. The Hall–Kier alpha value is -1.81. The second kappa shape index (κ2) is 7.27. The van der Waals surface area contributed by atoms with Gasteiger partial charge in [0.05, 0.1) is 19.6 Å². The molecule has 1 unspecified atom stereocenters. The number of amides is 1. The Morgan fingerprint density at radius 2 is 1.95 bits per heavy atom. The molecule has 0 spiro atoms. The molecule has 2 rings (SSSR count). The molecule has 0 fully saturated rings. The Labute approximate surface area is 130 Å². The van der Waals surface area contributed by atoms with Gasteiger partial charge in [-0.25, -0.2) is 0 Å². The highest BCUT2D eigenvalue weighted by molar-refractivity contribution is 7.10. The molecule has 0 saturated carbocycles. The first-order valence-electron chi connectivity index (χ1n) is 7.06. The maximum Gasteiger partial charge on any atom is 0.225 e. The van der Waals surface area contributed by atoms with Crippen molar-refractivity contribution in [3.05, 3.63) is 52.2 Å². The van der Waals surface area contributed by atoms with Gasteiger partial charge in [0.1, 0.15) is 5.75 Å². The zero-order valence-corrected chi connectivity index (χ0v) is 13.4. The highest BCUT2D eigenvalue weighted by Crippen LogP contribution is 2.24. The number of nitrogens with one attached hydrogen (secondary N) is 1. The summed E-state index contributed by atoms with van der Waals surface area (Å²) in [5, 5.41) is 5.13. The minimum Gasteiger partial charge on any atom is -0.497 e. The van der Waals surface area contributed by atoms with Gasteiger partial charge >= 0.3 is 0 Å². The van der Waals surface area contributed by atoms with Gasteiger partial charge in [-0.1, -0.05) is 32.0 Å². The lowest BCUT2D eigenvalue weighted by molar-refractivity contribution is -0.121. The van der Waals surface area contributed by atoms with Crippen LogP contribution in [0.25, 0.3) is 0 Å². The van der Waals surface area contributed by atoms with Gasteiger partial charge in [0, 0.05) is 4.88 Å². The maximum atomic E-state index is 12.2. The monoisotopic (exact) mass is 303 g/mol. The molecule has 1 aromatic carbocycles. The zero-order valence-electron chi connectivity index (χ0n) is 12.6. The molecule has 4 heteroatoms. The fraction of sp³-hybridized carbons (Fsp3) is 0.353. The van der Waals surface area contributed by atoms with Crippen molar-refractivity contribution in [3.63, 3.8) is 0 Å². The summed E-state index contributed by atoms with van der Waals surface area (Å²) in [6.07, 6.45) is 0.442. The van der Waals surface area contributed by atoms with Crippen molar-refractivity contribution in [2.75, 3.05) is 7.11 Å². The molecular weight excluding hydrogens is 282 g/mol. The van der Waals surface area contributed by atoms with E-state index in [4.69, 9.17) is 4.74 Å². The molecular formula is C17H21NO2S. The first-order chi connectivity index (χ1) is 10.1. The molecule has 0 bridgehead atoms. The molecule has 1 aromatic heterocycles. The molecule has 0 aliphatic carbocycles. The van der Waals surface area contributed by atoms with E-state index in [1.54, 1.807) is 18.4 Å². The largest absolute Gasteiger partial charge is 0.497 e. The minimum atomic E-state index is 0.0170. The Kier molecular flexibility index (Phi) is 5.39. The zero-order chi connectivity index (χ0) is 15.2. The van der Waals surface area contributed by atoms with Crippen molar-refractivity contribution in [2.24, 2.45) is 5.92 Å². The summed E-state index contributed by atoms with van der Waals surface area (Å²) in [5.41, 5.74) is 1.10. The third-order valence-corrected chi connectivity index (χ3v) is 4.25. The predicted octanol–water partition coefficient (Wildman–Crippen LogP) is 3.81. The first-order valence-corrected chi connectivity index (χ1v) is 7.94. The number of rotatable bonds is 6. The summed E-state index contributed by atoms with van der Waals surface area (Å²) >= 11 is 1.61. The van der Waals surface area contributed by atoms with Gasteiger partial charge in [0.2, 0.25) is 5.91 Å². The molecule has 21 heavy (non-hydrogen) atoms. The average Bonchev–Trinajstić information content (AvgIpc) is 2.97. The van der Waals surface area contributed by atoms with Crippen LogP contribution in [0.2, 0.25) is 0 Å². The first kappa shape index (κ1) is 15.6. The van der Waals surface area contributed by atoms with E-state index >= 15 is 0 Å². The van der Waals surface area contributed by atoms with Gasteiger partial charge in [0.25, 0.3) is 0 Å². The summed E-state index contributed by atoms with van der Waals surface area (Å²) in [7, 11) is 1.65. The fourth-order valence-electron chi connectivity index (χ4n) is 2.24. The highest BCUT2D eigenvalue weighted by Gasteiger charge is 2.18. The van der Waals surface area contributed by atoms with Gasteiger partial charge < -0.3 is 10.1 Å². The topological polar surface area (TPSA) is 38.3 Å². The van der Waals surface area contributed by atoms with Crippen LogP contribution in [0.3, 0.4) is 0 Å². The third-order valence-electron chi connectivity index (χ3n) is 3.37. The van der Waals surface area contributed by atoms with Crippen molar-refractivity contribution in [3.8, 4) is 5.75 Å². The van der Waals surface area contributed by atoms with Gasteiger partial charge in [-0.15, -0.1) is 11.3 Å². The molecule has 0 radical (unpaired) electrons. The molecule has 2 aromatic rings. The second-order valence-corrected chi connectivity index (χ2v) is 6.35. The lowest BCUT2D eigenvalue weighted by Crippen LogP contribution is -2.32. The van der Waals surface area contributed by atoms with Crippen LogP contribution in [0.4, 0.5) is 0 Å². The average molecular weight is 303 g/mol. The summed E-state index contributed by atoms with van der Waals surface area (Å²) < 4.78 is 5.17. The Morgan fingerprint density at radius 1 is 1.24 bits per heavy atom. The van der Waals surface area contributed by atoms with Crippen molar-refractivity contribution in [1.29, 1.82) is 0 Å². The number of hydrogen-bond acceptors (Lipinski definition) is 3. The number of methoxy groups -OCH3 is 1. The molecule has 3 nitrogen and oxygen atoms in total. The van der Waals surface area contributed by atoms with Crippen LogP contribution in [-0.4, -0.2) is 13.0 Å². The van der Waals surface area contributed by atoms with Crippen molar-refractivity contribution in [2.45, 2.75) is 26.3 Å². The number of carbonyl (C=O) groups is 1. The lowest BCUT2D eigenvalue weighted by atomic mass is 9.95. The summed E-state index contributed by atoms with van der Waals surface area (Å²) in [6, 6.07) is 11.8. The molecule has 1 amide bonds. The van der Waals surface area contributed by atoms with Gasteiger partial charge in [-0.05, 0) is 35.1 Å². The van der Waals surface area contributed by atoms with Gasteiger partial charge in [-0.2, -0.15) is 0 Å². The quantitative estimate of drug-likeness (QED) is 0.881.